The molecule has 0 spiro atoms. The predicted octanol–water partition coefficient (Wildman–Crippen LogP) is 2.19. The summed E-state index contributed by atoms with van der Waals surface area (Å²) in [6.45, 7) is 1.88. The number of carbonyl (C=O) groups excluding carboxylic acids is 1. The summed E-state index contributed by atoms with van der Waals surface area (Å²) in [5, 5.41) is 24.3. The Bertz CT molecular complexity index is 1080. The van der Waals surface area contributed by atoms with Gasteiger partial charge in [-0.05, 0) is 53.9 Å². The first-order valence-electron chi connectivity index (χ1n) is 10.1. The molecule has 1 fully saturated rings. The van der Waals surface area contributed by atoms with Gasteiger partial charge in [0.15, 0.2) is 0 Å². The quantitative estimate of drug-likeness (QED) is 0.785. The number of benzene rings is 2. The topological polar surface area (TPSA) is 107 Å². The smallest absolute Gasteiger partial charge is 0.251 e. The summed E-state index contributed by atoms with van der Waals surface area (Å²) in [5.74, 6) is -0.368. The van der Waals surface area contributed by atoms with Crippen LogP contribution in [0.3, 0.4) is 0 Å². The largest absolute Gasteiger partial charge is 0.488 e. The molecule has 2 aliphatic rings. The molecule has 2 atom stereocenters. The average molecular weight is 420 g/mol. The summed E-state index contributed by atoms with van der Waals surface area (Å²) in [4.78, 5) is 12.4. The molecule has 0 aromatic heterocycles. The number of nitriles is 2. The van der Waals surface area contributed by atoms with Crippen molar-refractivity contribution in [2.24, 2.45) is 0 Å². The Morgan fingerprint density at radius 1 is 1.29 bits per heavy atom. The molecule has 0 aliphatic carbocycles. The molecule has 31 heavy (non-hydrogen) atoms. The van der Waals surface area contributed by atoms with E-state index in [1.807, 2.05) is 6.07 Å². The molecule has 1 amide bonds. The Labute approximate surface area is 179 Å². The first-order valence-corrected chi connectivity index (χ1v) is 10.1. The predicted molar refractivity (Wildman–Crippen MR) is 109 cm³/mol. The average Bonchev–Trinajstić information content (AvgIpc) is 3.08. The van der Waals surface area contributed by atoms with Crippen LogP contribution in [-0.4, -0.2) is 37.7 Å². The summed E-state index contributed by atoms with van der Waals surface area (Å²) in [5.41, 5.74) is 3.03. The Kier molecular flexibility index (Phi) is 6.13. The molecule has 0 radical (unpaired) electrons. The number of carbonyl (C=O) groups is 1. The van der Waals surface area contributed by atoms with E-state index in [2.05, 4.69) is 16.7 Å². The molecule has 8 heteroatoms. The van der Waals surface area contributed by atoms with E-state index < -0.39 is 23.9 Å². The molecule has 0 saturated carbocycles. The van der Waals surface area contributed by atoms with Crippen molar-refractivity contribution in [3.05, 3.63) is 52.8 Å². The fourth-order valence-electron chi connectivity index (χ4n) is 3.78. The third-order valence-electron chi connectivity index (χ3n) is 5.39. The van der Waals surface area contributed by atoms with Gasteiger partial charge < -0.3 is 20.1 Å². The second-order valence-electron chi connectivity index (χ2n) is 7.52. The van der Waals surface area contributed by atoms with Crippen LogP contribution < -0.4 is 15.4 Å². The fourth-order valence-corrected chi connectivity index (χ4v) is 3.78. The second kappa shape index (κ2) is 9.13. The number of nitrogens with zero attached hydrogens (tertiary/aromatic N) is 2. The highest BCUT2D eigenvalue weighted by atomic mass is 19.1. The van der Waals surface area contributed by atoms with Gasteiger partial charge in [0.25, 0.3) is 5.91 Å². The lowest BCUT2D eigenvalue weighted by Crippen LogP contribution is -2.46. The van der Waals surface area contributed by atoms with Gasteiger partial charge >= 0.3 is 0 Å². The first kappa shape index (κ1) is 20.8. The minimum atomic E-state index is -0.902. The molecule has 1 unspecified atom stereocenters. The summed E-state index contributed by atoms with van der Waals surface area (Å²) in [6, 6.07) is 11.4. The van der Waals surface area contributed by atoms with Crippen LogP contribution in [0.15, 0.2) is 30.3 Å². The van der Waals surface area contributed by atoms with Crippen molar-refractivity contribution in [2.75, 3.05) is 19.7 Å². The van der Waals surface area contributed by atoms with Gasteiger partial charge in [0.2, 0.25) is 0 Å². The van der Waals surface area contributed by atoms with Gasteiger partial charge in [-0.2, -0.15) is 10.5 Å². The van der Waals surface area contributed by atoms with Crippen LogP contribution in [0, 0.1) is 28.5 Å². The minimum absolute atomic E-state index is 0.00505. The van der Waals surface area contributed by atoms with E-state index >= 15 is 0 Å². The minimum Gasteiger partial charge on any atom is -0.488 e. The van der Waals surface area contributed by atoms with Gasteiger partial charge in [-0.3, -0.25) is 4.79 Å². The van der Waals surface area contributed by atoms with Gasteiger partial charge in [-0.25, -0.2) is 4.39 Å². The summed E-state index contributed by atoms with van der Waals surface area (Å²) in [7, 11) is 0. The molecule has 4 rings (SSSR count). The lowest BCUT2D eigenvalue weighted by Gasteiger charge is -2.23. The third-order valence-corrected chi connectivity index (χ3v) is 5.39. The van der Waals surface area contributed by atoms with Crippen molar-refractivity contribution >= 4 is 5.91 Å². The Hall–Kier alpha value is -3.46. The molecular weight excluding hydrogens is 399 g/mol. The molecule has 0 bridgehead atoms. The Balaban J connectivity index is 1.52. The van der Waals surface area contributed by atoms with E-state index in [1.165, 1.54) is 6.07 Å². The summed E-state index contributed by atoms with van der Waals surface area (Å²) >= 11 is 0. The zero-order chi connectivity index (χ0) is 21.8. The van der Waals surface area contributed by atoms with Gasteiger partial charge in [-0.15, -0.1) is 0 Å². The van der Waals surface area contributed by atoms with Crippen LogP contribution in [0.1, 0.15) is 23.1 Å². The van der Waals surface area contributed by atoms with Crippen LogP contribution in [-0.2, 0) is 22.6 Å². The number of hydrogen-bond acceptors (Lipinski definition) is 6. The highest BCUT2D eigenvalue weighted by Crippen LogP contribution is 2.39. The van der Waals surface area contributed by atoms with E-state index in [-0.39, 0.29) is 18.6 Å². The highest BCUT2D eigenvalue weighted by Gasteiger charge is 2.25. The monoisotopic (exact) mass is 420 g/mol. The number of hydrogen-bond donors (Lipinski definition) is 2. The summed E-state index contributed by atoms with van der Waals surface area (Å²) < 4.78 is 26.2. The maximum absolute atomic E-state index is 14.9. The van der Waals surface area contributed by atoms with Gasteiger partial charge in [0, 0.05) is 25.1 Å². The zero-order valence-electron chi connectivity index (χ0n) is 16.8. The third kappa shape index (κ3) is 4.51. The standard InChI is InChI=1S/C23H21FN4O3/c24-20-9-19-18-3-2-14(10-25)6-16(18)13-31-21(19)8-15(20)7-17(11-26)28-23(29)22-12-27-4-1-5-30-22/h2-3,6,8-9,17,22,27H,1,4-5,7,12-13H2,(H,28,29)/t17-,22?/m0/s1. The number of halogens is 1. The van der Waals surface area contributed by atoms with Gasteiger partial charge in [0.1, 0.15) is 30.3 Å². The van der Waals surface area contributed by atoms with Crippen LogP contribution in [0.5, 0.6) is 5.75 Å². The van der Waals surface area contributed by atoms with Crippen molar-refractivity contribution in [3.63, 3.8) is 0 Å². The number of amides is 1. The molecule has 2 aromatic rings. The maximum atomic E-state index is 14.9. The highest BCUT2D eigenvalue weighted by molar-refractivity contribution is 5.82. The SMILES string of the molecule is N#Cc1ccc2c(c1)COc1cc(C[C@@H](C#N)NC(=O)C3CNCCCO3)c(F)cc1-2. The zero-order valence-corrected chi connectivity index (χ0v) is 16.8. The van der Waals surface area contributed by atoms with Crippen LogP contribution in [0.4, 0.5) is 4.39 Å². The van der Waals surface area contributed by atoms with E-state index in [0.717, 1.165) is 24.1 Å². The summed E-state index contributed by atoms with van der Waals surface area (Å²) in [6.07, 6.45) is 0.141. The normalized spacial score (nSPS) is 18.2. The Morgan fingerprint density at radius 3 is 2.97 bits per heavy atom. The molecule has 2 aromatic carbocycles. The van der Waals surface area contributed by atoms with Crippen molar-refractivity contribution in [2.45, 2.75) is 31.6 Å². The van der Waals surface area contributed by atoms with Crippen molar-refractivity contribution in [3.8, 4) is 29.0 Å². The molecule has 1 saturated heterocycles. The number of fused-ring (bicyclic) bond motifs is 3. The van der Waals surface area contributed by atoms with Gasteiger partial charge in [0.05, 0.1) is 17.7 Å². The van der Waals surface area contributed by atoms with E-state index in [4.69, 9.17) is 14.7 Å². The van der Waals surface area contributed by atoms with E-state index in [1.54, 1.807) is 24.3 Å². The maximum Gasteiger partial charge on any atom is 0.251 e. The number of nitrogens with one attached hydrogen (secondary N) is 2. The second-order valence-corrected chi connectivity index (χ2v) is 7.52. The molecule has 2 N–H and O–H groups in total. The molecule has 158 valence electrons. The van der Waals surface area contributed by atoms with Crippen LogP contribution in [0.25, 0.3) is 11.1 Å². The van der Waals surface area contributed by atoms with E-state index in [0.29, 0.717) is 30.0 Å². The Morgan fingerprint density at radius 2 is 2.16 bits per heavy atom. The molecule has 2 heterocycles. The van der Waals surface area contributed by atoms with Crippen molar-refractivity contribution in [1.82, 2.24) is 10.6 Å². The van der Waals surface area contributed by atoms with Crippen molar-refractivity contribution in [1.29, 1.82) is 10.5 Å². The lowest BCUT2D eigenvalue weighted by atomic mass is 9.93. The van der Waals surface area contributed by atoms with Gasteiger partial charge in [-0.1, -0.05) is 6.07 Å². The first-order chi connectivity index (χ1) is 15.1. The van der Waals surface area contributed by atoms with Crippen molar-refractivity contribution < 1.29 is 18.7 Å². The molecule has 2 aliphatic heterocycles. The number of ether oxygens (including phenoxy) is 2. The van der Waals surface area contributed by atoms with E-state index in [9.17, 15) is 14.4 Å². The van der Waals surface area contributed by atoms with Crippen LogP contribution >= 0.6 is 0 Å². The number of rotatable bonds is 4. The molecule has 7 nitrogen and oxygen atoms in total. The molecular formula is C23H21FN4O3. The fraction of sp³-hybridized carbons (Fsp3) is 0.348. The van der Waals surface area contributed by atoms with Crippen LogP contribution in [0.2, 0.25) is 0 Å². The lowest BCUT2D eigenvalue weighted by molar-refractivity contribution is -0.132.